The first-order valence-electron chi connectivity index (χ1n) is 6.10. The van der Waals surface area contributed by atoms with Crippen LogP contribution < -0.4 is 40.0 Å². The van der Waals surface area contributed by atoms with Crippen molar-refractivity contribution in [1.82, 2.24) is 5.32 Å². The van der Waals surface area contributed by atoms with Crippen molar-refractivity contribution in [3.8, 4) is 0 Å². The number of carbonyl (C=O) groups is 2. The molecule has 2 heterocycles. The Morgan fingerprint density at radius 3 is 2.85 bits per heavy atom. The molecule has 0 bridgehead atoms. The molecule has 0 spiro atoms. The Labute approximate surface area is 137 Å². The van der Waals surface area contributed by atoms with E-state index in [1.54, 1.807) is 0 Å². The minimum absolute atomic E-state index is 0. The molecule has 1 aliphatic carbocycles. The van der Waals surface area contributed by atoms with Crippen LogP contribution >= 0.6 is 0 Å². The van der Waals surface area contributed by atoms with Crippen LogP contribution in [0.25, 0.3) is 0 Å². The van der Waals surface area contributed by atoms with Gasteiger partial charge in [-0.15, -0.1) is 0 Å². The molecule has 8 heteroatoms. The molecule has 104 valence electrons. The van der Waals surface area contributed by atoms with Gasteiger partial charge >= 0.3 is 35.7 Å². The van der Waals surface area contributed by atoms with Gasteiger partial charge in [0.15, 0.2) is 0 Å². The molecule has 20 heavy (non-hydrogen) atoms. The van der Waals surface area contributed by atoms with Gasteiger partial charge in [-0.2, -0.15) is 0 Å². The summed E-state index contributed by atoms with van der Waals surface area (Å²) in [4.78, 5) is 22.4. The predicted molar refractivity (Wildman–Crippen MR) is 58.4 cm³/mol. The first kappa shape index (κ1) is 15.6. The zero-order chi connectivity index (χ0) is 13.8. The van der Waals surface area contributed by atoms with Gasteiger partial charge < -0.3 is 29.4 Å². The molecule has 0 aromatic carbocycles. The predicted octanol–water partition coefficient (Wildman–Crippen LogP) is -3.87. The molecule has 0 aromatic rings. The van der Waals surface area contributed by atoms with Crippen LogP contribution in [0.4, 0.5) is 4.79 Å². The molecule has 5 atom stereocenters. The molecular formula is C12H14NNaO6. The van der Waals surface area contributed by atoms with Crippen LogP contribution in [0.3, 0.4) is 0 Å². The average Bonchev–Trinajstić information content (AvgIpc) is 2.91. The number of hydrogen-bond acceptors (Lipinski definition) is 6. The second-order valence-electron chi connectivity index (χ2n) is 5.18. The monoisotopic (exact) mass is 291 g/mol. The minimum Gasteiger partial charge on any atom is -0.545 e. The van der Waals surface area contributed by atoms with E-state index in [0.717, 1.165) is 6.26 Å². The van der Waals surface area contributed by atoms with Gasteiger partial charge in [-0.3, -0.25) is 0 Å². The Bertz CT molecular complexity index is 481. The van der Waals surface area contributed by atoms with Crippen molar-refractivity contribution in [2.75, 3.05) is 7.05 Å². The zero-order valence-electron chi connectivity index (χ0n) is 11.5. The summed E-state index contributed by atoms with van der Waals surface area (Å²) in [7, 11) is 1.44. The fourth-order valence-corrected chi connectivity index (χ4v) is 3.18. The van der Waals surface area contributed by atoms with Crippen molar-refractivity contribution in [3.05, 3.63) is 11.8 Å². The second kappa shape index (κ2) is 5.22. The van der Waals surface area contributed by atoms with Gasteiger partial charge in [0.05, 0.1) is 24.3 Å². The SMILES string of the molecule is CNC(=O)OC1OC=C(C(=O)[O-])C2CC3O[C@]3(C)C12.[Na+]. The van der Waals surface area contributed by atoms with Crippen molar-refractivity contribution >= 4 is 12.1 Å². The van der Waals surface area contributed by atoms with E-state index in [1.165, 1.54) is 7.05 Å². The number of hydrogen-bond donors (Lipinski definition) is 1. The summed E-state index contributed by atoms with van der Waals surface area (Å²) in [6.45, 7) is 1.88. The number of nitrogens with one attached hydrogen (secondary N) is 1. The first-order valence-corrected chi connectivity index (χ1v) is 6.10. The largest absolute Gasteiger partial charge is 1.00 e. The summed E-state index contributed by atoms with van der Waals surface area (Å²) in [5, 5.41) is 13.4. The normalized spacial score (nSPS) is 40.2. The van der Waals surface area contributed by atoms with Gasteiger partial charge in [-0.05, 0) is 13.3 Å². The van der Waals surface area contributed by atoms with Gasteiger partial charge in [-0.25, -0.2) is 4.79 Å². The summed E-state index contributed by atoms with van der Waals surface area (Å²) in [5.41, 5.74) is -0.378. The van der Waals surface area contributed by atoms with E-state index in [9.17, 15) is 14.7 Å². The van der Waals surface area contributed by atoms with Gasteiger partial charge in [0, 0.05) is 18.5 Å². The number of carboxylic acid groups (broad SMARTS) is 1. The average molecular weight is 291 g/mol. The number of epoxide rings is 1. The molecule has 3 aliphatic rings. The van der Waals surface area contributed by atoms with E-state index in [0.29, 0.717) is 6.42 Å². The number of carbonyl (C=O) groups excluding carboxylic acids is 2. The van der Waals surface area contributed by atoms with Gasteiger partial charge in [0.25, 0.3) is 6.29 Å². The minimum atomic E-state index is -1.25. The fraction of sp³-hybridized carbons (Fsp3) is 0.667. The van der Waals surface area contributed by atoms with Crippen LogP contribution in [0.15, 0.2) is 11.8 Å². The van der Waals surface area contributed by atoms with Crippen molar-refractivity contribution in [2.45, 2.75) is 31.3 Å². The smallest absolute Gasteiger partial charge is 0.545 e. The van der Waals surface area contributed by atoms with Gasteiger partial charge in [-0.1, -0.05) is 0 Å². The van der Waals surface area contributed by atoms with Crippen molar-refractivity contribution in [2.24, 2.45) is 11.8 Å². The van der Waals surface area contributed by atoms with Crippen molar-refractivity contribution in [3.63, 3.8) is 0 Å². The summed E-state index contributed by atoms with van der Waals surface area (Å²) >= 11 is 0. The zero-order valence-corrected chi connectivity index (χ0v) is 13.5. The summed E-state index contributed by atoms with van der Waals surface area (Å²) in [6, 6.07) is 0. The molecule has 1 N–H and O–H groups in total. The van der Waals surface area contributed by atoms with E-state index in [1.807, 2.05) is 6.92 Å². The molecule has 4 unspecified atom stereocenters. The van der Waals surface area contributed by atoms with E-state index >= 15 is 0 Å². The number of ether oxygens (including phenoxy) is 3. The second-order valence-corrected chi connectivity index (χ2v) is 5.18. The first-order chi connectivity index (χ1) is 8.97. The molecule has 1 saturated heterocycles. The van der Waals surface area contributed by atoms with Crippen molar-refractivity contribution in [1.29, 1.82) is 0 Å². The third-order valence-corrected chi connectivity index (χ3v) is 4.23. The number of carboxylic acids is 1. The van der Waals surface area contributed by atoms with Crippen molar-refractivity contribution < 1.29 is 58.5 Å². The number of alkyl carbamates (subject to hydrolysis) is 1. The van der Waals surface area contributed by atoms with Gasteiger partial charge in [0.1, 0.15) is 5.60 Å². The Morgan fingerprint density at radius 1 is 1.55 bits per heavy atom. The fourth-order valence-electron chi connectivity index (χ4n) is 3.18. The molecule has 2 fully saturated rings. The summed E-state index contributed by atoms with van der Waals surface area (Å²) < 4.78 is 15.9. The third kappa shape index (κ3) is 2.22. The number of rotatable bonds is 2. The van der Waals surface area contributed by atoms with Crippen LogP contribution in [0.1, 0.15) is 13.3 Å². The molecule has 1 saturated carbocycles. The standard InChI is InChI=1S/C12H15NO6.Na/c1-12-7(19-12)3-5-6(9(14)15)4-17-10(8(5)12)18-11(16)13-2;/h4-5,7-8,10H,3H2,1-2H3,(H,13,16)(H,14,15);/q;+1/p-1/t5?,7?,8?,10?,12-;/m0./s1. The maximum atomic E-state index is 11.3. The molecule has 7 nitrogen and oxygen atoms in total. The van der Waals surface area contributed by atoms with Crippen LogP contribution in [0.5, 0.6) is 0 Å². The van der Waals surface area contributed by atoms with Crippen LogP contribution in [-0.4, -0.2) is 37.1 Å². The summed E-state index contributed by atoms with van der Waals surface area (Å²) in [6.07, 6.45) is 0.228. The Kier molecular flexibility index (Phi) is 4.07. The molecule has 0 aromatic heterocycles. The quantitative estimate of drug-likeness (QED) is 0.413. The summed E-state index contributed by atoms with van der Waals surface area (Å²) in [5.74, 6) is -1.84. The van der Waals surface area contributed by atoms with E-state index in [2.05, 4.69) is 5.32 Å². The van der Waals surface area contributed by atoms with E-state index in [-0.39, 0.29) is 53.1 Å². The molecule has 2 aliphatic heterocycles. The van der Waals surface area contributed by atoms with E-state index < -0.39 is 24.0 Å². The van der Waals surface area contributed by atoms with Crippen LogP contribution in [0, 0.1) is 11.8 Å². The molecule has 0 radical (unpaired) electrons. The maximum absolute atomic E-state index is 11.3. The number of fused-ring (bicyclic) bond motifs is 3. The topological polar surface area (TPSA) is 100 Å². The van der Waals surface area contributed by atoms with Crippen LogP contribution in [-0.2, 0) is 19.0 Å². The van der Waals surface area contributed by atoms with Crippen LogP contribution in [0.2, 0.25) is 0 Å². The van der Waals surface area contributed by atoms with Gasteiger partial charge in [0.2, 0.25) is 0 Å². The maximum Gasteiger partial charge on any atom is 1.00 e. The molecule has 3 rings (SSSR count). The Morgan fingerprint density at radius 2 is 2.25 bits per heavy atom. The van der Waals surface area contributed by atoms with E-state index in [4.69, 9.17) is 14.2 Å². The molecular weight excluding hydrogens is 277 g/mol. The third-order valence-electron chi connectivity index (χ3n) is 4.23. The number of amides is 1. The Balaban J connectivity index is 0.00000147. The number of aliphatic carboxylic acids is 1. The molecule has 1 amide bonds. The Hall–Kier alpha value is -0.760.